The molecule has 0 saturated carbocycles. The Balaban J connectivity index is 0.000000208. The number of nitrogens with one attached hydrogen (secondary N) is 4. The van der Waals surface area contributed by atoms with Gasteiger partial charge in [-0.1, -0.05) is 86.6 Å². The molecule has 0 aromatic heterocycles. The van der Waals surface area contributed by atoms with Gasteiger partial charge in [0.25, 0.3) is 0 Å². The molecule has 8 rings (SSSR count). The van der Waals surface area contributed by atoms with Crippen molar-refractivity contribution >= 4 is 74.5 Å². The summed E-state index contributed by atoms with van der Waals surface area (Å²) in [5, 5.41) is 15.5. The van der Waals surface area contributed by atoms with Crippen LogP contribution in [-0.2, 0) is 43.0 Å². The Bertz CT molecular complexity index is 2550. The van der Waals surface area contributed by atoms with Gasteiger partial charge in [0.2, 0.25) is 35.4 Å². The molecule has 17 heteroatoms. The van der Waals surface area contributed by atoms with Gasteiger partial charge in [0.15, 0.2) is 0 Å². The number of ether oxygens (including phenoxy) is 3. The summed E-state index contributed by atoms with van der Waals surface area (Å²) < 4.78 is 17.1. The van der Waals surface area contributed by atoms with E-state index in [1.165, 1.54) is 21.7 Å². The third kappa shape index (κ3) is 11.6. The molecule has 4 aromatic rings. The molecule has 4 aliphatic rings. The van der Waals surface area contributed by atoms with Crippen LogP contribution in [0.3, 0.4) is 0 Å². The van der Waals surface area contributed by atoms with Crippen molar-refractivity contribution in [3.63, 3.8) is 0 Å². The Labute approximate surface area is 402 Å². The quantitative estimate of drug-likeness (QED) is 0.140. The summed E-state index contributed by atoms with van der Waals surface area (Å²) in [4.78, 5) is 95.5. The average Bonchev–Trinajstić information content (AvgIpc) is 3.89. The third-order valence-electron chi connectivity index (χ3n) is 13.2. The second kappa shape index (κ2) is 21.8. The minimum absolute atomic E-state index is 0.143. The molecule has 0 aliphatic carbocycles. The first kappa shape index (κ1) is 50.3. The molecule has 4 aliphatic heterocycles. The molecule has 4 saturated heterocycles. The minimum atomic E-state index is -0.882. The number of fused-ring (bicyclic) bond motifs is 4. The molecule has 4 N–H and O–H groups in total. The summed E-state index contributed by atoms with van der Waals surface area (Å²) >= 11 is 0. The van der Waals surface area contributed by atoms with Gasteiger partial charge in [-0.2, -0.15) is 0 Å². The average molecular weight is 948 g/mol. The van der Waals surface area contributed by atoms with Gasteiger partial charge in [-0.25, -0.2) is 4.79 Å². The summed E-state index contributed by atoms with van der Waals surface area (Å²) in [7, 11) is 1.47. The molecule has 4 heterocycles. The van der Waals surface area contributed by atoms with Gasteiger partial charge in [-0.15, -0.1) is 0 Å². The zero-order chi connectivity index (χ0) is 49.6. The van der Waals surface area contributed by atoms with Gasteiger partial charge < -0.3 is 45.3 Å². The first-order valence-corrected chi connectivity index (χ1v) is 24.0. The number of amides is 7. The van der Waals surface area contributed by atoms with Crippen molar-refractivity contribution < 1.29 is 47.8 Å². The highest BCUT2D eigenvalue weighted by Crippen LogP contribution is 2.33. The van der Waals surface area contributed by atoms with Crippen LogP contribution in [0.4, 0.5) is 16.2 Å². The number of rotatable bonds is 10. The van der Waals surface area contributed by atoms with Crippen LogP contribution >= 0.6 is 0 Å². The number of likely N-dealkylation sites (N-methyl/N-ethyl adjacent to an activating group) is 1. The maximum atomic E-state index is 13.6. The highest BCUT2D eigenvalue weighted by atomic mass is 16.6. The molecular weight excluding hydrogens is 883 g/mol. The minimum Gasteiger partial charge on any atom is -0.444 e. The van der Waals surface area contributed by atoms with Gasteiger partial charge in [-0.05, 0) is 82.7 Å². The molecule has 69 heavy (non-hydrogen) atoms. The highest BCUT2D eigenvalue weighted by molar-refractivity contribution is 6.06. The Morgan fingerprint density at radius 1 is 0.652 bits per heavy atom. The topological polar surface area (TPSA) is 205 Å². The fraction of sp³-hybridized carbons (Fsp3) is 0.481. The van der Waals surface area contributed by atoms with Gasteiger partial charge >= 0.3 is 6.09 Å². The van der Waals surface area contributed by atoms with E-state index in [9.17, 15) is 33.6 Å². The van der Waals surface area contributed by atoms with E-state index < -0.39 is 60.3 Å². The standard InChI is InChI=1S/C28H36N4O6.C24H29N3O4/c1-17(31(5)27(36)38-28(2,3)4)24(33)30-21-15-16-37-23-14-13-22(32(23)26(21)35)25(34)29-20-12-8-10-18-9-6-7-11-19(18)20;1-3-15(2)22(28)26-19-13-14-31-21-12-11-20(27(21)24(19)30)23(29)25-18-10-6-8-16-7-4-5-9-17(16)18/h6-12,17,21-23H,13-16H2,1-5H3,(H,29,34)(H,30,33);4-10,15,19-21H,3,11-14H2,1-2H3,(H,25,29)(H,26,28)/t17-,21-,22-,23-;15-,19+,20+,21+/m01/s1. The zero-order valence-electron chi connectivity index (χ0n) is 40.5. The smallest absolute Gasteiger partial charge is 0.410 e. The van der Waals surface area contributed by atoms with Crippen LogP contribution in [0.5, 0.6) is 0 Å². The molecule has 0 bridgehead atoms. The second-order valence-corrected chi connectivity index (χ2v) is 19.1. The van der Waals surface area contributed by atoms with Crippen LogP contribution < -0.4 is 21.3 Å². The van der Waals surface area contributed by atoms with Crippen LogP contribution in [0, 0.1) is 5.92 Å². The Hall–Kier alpha value is -6.59. The summed E-state index contributed by atoms with van der Waals surface area (Å²) in [6.45, 7) is 11.2. The fourth-order valence-electron chi connectivity index (χ4n) is 9.07. The number of benzene rings is 4. The third-order valence-corrected chi connectivity index (χ3v) is 13.2. The number of carbonyl (C=O) groups is 7. The van der Waals surface area contributed by atoms with Crippen molar-refractivity contribution in [2.45, 2.75) is 135 Å². The Morgan fingerprint density at radius 2 is 1.09 bits per heavy atom. The van der Waals surface area contributed by atoms with E-state index in [2.05, 4.69) is 21.3 Å². The molecule has 7 amide bonds. The second-order valence-electron chi connectivity index (χ2n) is 19.1. The molecular formula is C52H65N7O10. The largest absolute Gasteiger partial charge is 0.444 e. The van der Waals surface area contributed by atoms with E-state index in [-0.39, 0.29) is 48.5 Å². The molecule has 4 fully saturated rings. The summed E-state index contributed by atoms with van der Waals surface area (Å²) in [6, 6.07) is 23.2. The van der Waals surface area contributed by atoms with E-state index in [0.717, 1.165) is 27.2 Å². The summed E-state index contributed by atoms with van der Waals surface area (Å²) in [6.07, 6.45) is 1.87. The van der Waals surface area contributed by atoms with E-state index in [0.29, 0.717) is 50.8 Å². The lowest BCUT2D eigenvalue weighted by Crippen LogP contribution is -2.56. The van der Waals surface area contributed by atoms with E-state index >= 15 is 0 Å². The molecule has 8 atom stereocenters. The first-order valence-electron chi connectivity index (χ1n) is 24.0. The predicted molar refractivity (Wildman–Crippen MR) is 260 cm³/mol. The fourth-order valence-corrected chi connectivity index (χ4v) is 9.07. The molecule has 0 spiro atoms. The number of hydrogen-bond acceptors (Lipinski definition) is 10. The summed E-state index contributed by atoms with van der Waals surface area (Å²) in [5.41, 5.74) is 0.683. The maximum Gasteiger partial charge on any atom is 0.410 e. The molecule has 0 unspecified atom stereocenters. The lowest BCUT2D eigenvalue weighted by atomic mass is 10.1. The van der Waals surface area contributed by atoms with Crippen LogP contribution in [0.15, 0.2) is 84.9 Å². The molecule has 17 nitrogen and oxygen atoms in total. The van der Waals surface area contributed by atoms with Crippen molar-refractivity contribution in [3.05, 3.63) is 84.9 Å². The lowest BCUT2D eigenvalue weighted by molar-refractivity contribution is -0.147. The highest BCUT2D eigenvalue weighted by Gasteiger charge is 2.47. The first-order chi connectivity index (χ1) is 32.9. The predicted octanol–water partition coefficient (Wildman–Crippen LogP) is 6.30. The number of hydrogen-bond donors (Lipinski definition) is 4. The lowest BCUT2D eigenvalue weighted by Gasteiger charge is -2.31. The maximum absolute atomic E-state index is 13.6. The van der Waals surface area contributed by atoms with Gasteiger partial charge in [0, 0.05) is 48.0 Å². The van der Waals surface area contributed by atoms with Crippen molar-refractivity contribution in [1.82, 2.24) is 25.3 Å². The van der Waals surface area contributed by atoms with Crippen molar-refractivity contribution in [1.29, 1.82) is 0 Å². The summed E-state index contributed by atoms with van der Waals surface area (Å²) in [5.74, 6) is -1.95. The molecule has 4 aromatic carbocycles. The number of carbonyl (C=O) groups excluding carboxylic acids is 7. The van der Waals surface area contributed by atoms with Crippen LogP contribution in [-0.4, -0.2) is 125 Å². The molecule has 368 valence electrons. The van der Waals surface area contributed by atoms with Crippen molar-refractivity contribution in [2.75, 3.05) is 30.9 Å². The van der Waals surface area contributed by atoms with Crippen LogP contribution in [0.2, 0.25) is 0 Å². The monoisotopic (exact) mass is 947 g/mol. The SMILES string of the molecule is CC[C@@H](C)C(=O)N[C@H]1CCO[C@H]2CC[C@@H](C(=O)Nc3cccc4ccccc34)N2C1=O.C[C@@H](C(=O)N[C@H]1CCO[C@H]2CC[C@@H](C(=O)Nc3cccc4ccccc34)N2C1=O)N(C)C(=O)OC(C)(C)C. The molecule has 0 radical (unpaired) electrons. The van der Waals surface area contributed by atoms with E-state index in [4.69, 9.17) is 14.2 Å². The van der Waals surface area contributed by atoms with Crippen molar-refractivity contribution in [2.24, 2.45) is 5.92 Å². The number of anilines is 2. The van der Waals surface area contributed by atoms with Crippen LogP contribution in [0.25, 0.3) is 21.5 Å². The van der Waals surface area contributed by atoms with Crippen molar-refractivity contribution in [3.8, 4) is 0 Å². The van der Waals surface area contributed by atoms with E-state index in [1.54, 1.807) is 27.7 Å². The zero-order valence-corrected chi connectivity index (χ0v) is 40.5. The Kier molecular flexibility index (Phi) is 15.9. The normalized spacial score (nSPS) is 23.2. The van der Waals surface area contributed by atoms with E-state index in [1.807, 2.05) is 98.8 Å². The van der Waals surface area contributed by atoms with Crippen LogP contribution in [0.1, 0.15) is 86.5 Å². The number of nitrogens with zero attached hydrogens (tertiary/aromatic N) is 3. The van der Waals surface area contributed by atoms with Gasteiger partial charge in [0.1, 0.15) is 48.3 Å². The van der Waals surface area contributed by atoms with Gasteiger partial charge in [0.05, 0.1) is 13.2 Å². The van der Waals surface area contributed by atoms with Gasteiger partial charge in [-0.3, -0.25) is 33.7 Å². The Morgan fingerprint density at radius 3 is 1.54 bits per heavy atom.